The highest BCUT2D eigenvalue weighted by molar-refractivity contribution is 7.90. The molecule has 1 amide bonds. The molecule has 0 fully saturated rings. The van der Waals surface area contributed by atoms with Gasteiger partial charge < -0.3 is 11.1 Å². The van der Waals surface area contributed by atoms with Crippen molar-refractivity contribution in [1.29, 1.82) is 0 Å². The van der Waals surface area contributed by atoms with Crippen LogP contribution >= 0.6 is 0 Å². The Morgan fingerprint density at radius 1 is 1.30 bits per heavy atom. The van der Waals surface area contributed by atoms with Gasteiger partial charge in [-0.3, -0.25) is 4.79 Å². The largest absolute Gasteiger partial charge is 0.348 e. The van der Waals surface area contributed by atoms with Crippen molar-refractivity contribution in [1.82, 2.24) is 5.32 Å². The van der Waals surface area contributed by atoms with E-state index in [1.165, 1.54) is 0 Å². The van der Waals surface area contributed by atoms with Gasteiger partial charge in [-0.05, 0) is 31.0 Å². The number of sulfone groups is 1. The van der Waals surface area contributed by atoms with Gasteiger partial charge in [0.05, 0.1) is 17.0 Å². The molecule has 0 saturated carbocycles. The predicted octanol–water partition coefficient (Wildman–Crippen LogP) is 1.39. The Hall–Kier alpha value is -1.40. The van der Waals surface area contributed by atoms with Gasteiger partial charge in [-0.15, -0.1) is 0 Å². The van der Waals surface area contributed by atoms with Gasteiger partial charge in [-0.1, -0.05) is 25.5 Å². The highest BCUT2D eigenvalue weighted by Gasteiger charge is 2.16. The number of rotatable bonds is 6. The number of amides is 1. The van der Waals surface area contributed by atoms with E-state index in [1.54, 1.807) is 24.3 Å². The van der Waals surface area contributed by atoms with E-state index in [9.17, 15) is 13.2 Å². The lowest BCUT2D eigenvalue weighted by Crippen LogP contribution is -2.41. The maximum atomic E-state index is 11.8. The molecular weight excluding hydrogens is 276 g/mol. The Bertz CT molecular complexity index is 552. The van der Waals surface area contributed by atoms with Gasteiger partial charge in [0.1, 0.15) is 0 Å². The molecule has 0 aliphatic carbocycles. The van der Waals surface area contributed by atoms with E-state index in [-0.39, 0.29) is 16.8 Å². The van der Waals surface area contributed by atoms with Gasteiger partial charge in [0.25, 0.3) is 0 Å². The molecule has 0 radical (unpaired) electrons. The Morgan fingerprint density at radius 2 is 1.85 bits per heavy atom. The summed E-state index contributed by atoms with van der Waals surface area (Å²) in [5.41, 5.74) is 6.59. The number of benzene rings is 1. The monoisotopic (exact) mass is 298 g/mol. The minimum Gasteiger partial charge on any atom is -0.348 e. The third kappa shape index (κ3) is 4.61. The highest BCUT2D eigenvalue weighted by atomic mass is 32.2. The fourth-order valence-corrected chi connectivity index (χ4v) is 2.48. The van der Waals surface area contributed by atoms with E-state index in [4.69, 9.17) is 5.73 Å². The van der Waals surface area contributed by atoms with E-state index in [0.717, 1.165) is 18.2 Å². The second kappa shape index (κ2) is 6.85. The van der Waals surface area contributed by atoms with Crippen molar-refractivity contribution in [2.45, 2.75) is 43.7 Å². The van der Waals surface area contributed by atoms with Crippen LogP contribution in [-0.4, -0.2) is 26.6 Å². The molecule has 0 spiro atoms. The molecule has 1 aromatic carbocycles. The van der Waals surface area contributed by atoms with Gasteiger partial charge in [0, 0.05) is 6.26 Å². The zero-order chi connectivity index (χ0) is 15.3. The number of carbonyl (C=O) groups excluding carboxylic acids is 1. The van der Waals surface area contributed by atoms with Gasteiger partial charge >= 0.3 is 0 Å². The van der Waals surface area contributed by atoms with Crippen molar-refractivity contribution < 1.29 is 13.2 Å². The quantitative estimate of drug-likeness (QED) is 0.830. The second-order valence-corrected chi connectivity index (χ2v) is 6.98. The van der Waals surface area contributed by atoms with Crippen LogP contribution in [0.15, 0.2) is 29.2 Å². The summed E-state index contributed by atoms with van der Waals surface area (Å²) in [6.07, 6.45) is 2.66. The molecule has 5 nitrogen and oxygen atoms in total. The van der Waals surface area contributed by atoms with Gasteiger partial charge in [0.15, 0.2) is 9.84 Å². The summed E-state index contributed by atoms with van der Waals surface area (Å²) in [5.74, 6) is -0.188. The topological polar surface area (TPSA) is 89.3 Å². The number of nitrogens with one attached hydrogen (secondary N) is 1. The summed E-state index contributed by atoms with van der Waals surface area (Å²) >= 11 is 0. The van der Waals surface area contributed by atoms with E-state index in [1.807, 2.05) is 13.8 Å². The fraction of sp³-hybridized carbons (Fsp3) is 0.500. The molecule has 0 aromatic heterocycles. The molecule has 2 atom stereocenters. The van der Waals surface area contributed by atoms with Crippen LogP contribution < -0.4 is 11.1 Å². The van der Waals surface area contributed by atoms with Crippen LogP contribution in [0.4, 0.5) is 0 Å². The first-order chi connectivity index (χ1) is 9.25. The second-order valence-electron chi connectivity index (χ2n) is 4.97. The summed E-state index contributed by atoms with van der Waals surface area (Å²) in [6, 6.07) is 5.77. The average Bonchev–Trinajstić information content (AvgIpc) is 2.38. The molecule has 0 heterocycles. The molecule has 6 heteroatoms. The molecular formula is C14H22N2O3S. The summed E-state index contributed by atoms with van der Waals surface area (Å²) in [4.78, 5) is 12.1. The first-order valence-electron chi connectivity index (χ1n) is 6.61. The van der Waals surface area contributed by atoms with Crippen LogP contribution in [0.5, 0.6) is 0 Å². The normalized spacial score (nSPS) is 14.6. The van der Waals surface area contributed by atoms with Crippen molar-refractivity contribution >= 4 is 15.7 Å². The zero-order valence-corrected chi connectivity index (χ0v) is 12.9. The average molecular weight is 298 g/mol. The van der Waals surface area contributed by atoms with Crippen molar-refractivity contribution in [2.75, 3.05) is 6.26 Å². The van der Waals surface area contributed by atoms with E-state index < -0.39 is 15.9 Å². The lowest BCUT2D eigenvalue weighted by Gasteiger charge is -2.17. The molecule has 0 aliphatic heterocycles. The number of nitrogens with two attached hydrogens (primary N) is 1. The Labute approximate surface area is 120 Å². The van der Waals surface area contributed by atoms with Gasteiger partial charge in [-0.2, -0.15) is 0 Å². The van der Waals surface area contributed by atoms with Gasteiger partial charge in [0.2, 0.25) is 5.91 Å². The molecule has 1 rings (SSSR count). The standard InChI is InChI=1S/C14H22N2O3S/c1-4-5-13(15)14(17)16-10(2)11-6-8-12(9-7-11)20(3,18)19/h6-10,13H,4-5,15H2,1-3H3,(H,16,17). The van der Waals surface area contributed by atoms with Crippen molar-refractivity contribution in [2.24, 2.45) is 5.73 Å². The van der Waals surface area contributed by atoms with Crippen molar-refractivity contribution in [3.8, 4) is 0 Å². The zero-order valence-electron chi connectivity index (χ0n) is 12.1. The third-order valence-electron chi connectivity index (χ3n) is 3.10. The Balaban J connectivity index is 2.73. The van der Waals surface area contributed by atoms with Crippen molar-refractivity contribution in [3.05, 3.63) is 29.8 Å². The number of hydrogen-bond acceptors (Lipinski definition) is 4. The Morgan fingerprint density at radius 3 is 2.30 bits per heavy atom. The van der Waals surface area contributed by atoms with Crippen LogP contribution in [-0.2, 0) is 14.6 Å². The lowest BCUT2D eigenvalue weighted by molar-refractivity contribution is -0.123. The molecule has 20 heavy (non-hydrogen) atoms. The van der Waals surface area contributed by atoms with Crippen LogP contribution in [0, 0.1) is 0 Å². The predicted molar refractivity (Wildman–Crippen MR) is 79.0 cm³/mol. The van der Waals surface area contributed by atoms with E-state index in [0.29, 0.717) is 6.42 Å². The first-order valence-corrected chi connectivity index (χ1v) is 8.50. The van der Waals surface area contributed by atoms with Crippen LogP contribution in [0.3, 0.4) is 0 Å². The molecule has 1 aromatic rings. The molecule has 0 saturated heterocycles. The molecule has 112 valence electrons. The maximum absolute atomic E-state index is 11.8. The summed E-state index contributed by atoms with van der Waals surface area (Å²) in [6.45, 7) is 3.81. The Kier molecular flexibility index (Phi) is 5.71. The van der Waals surface area contributed by atoms with Crippen LogP contribution in [0.2, 0.25) is 0 Å². The smallest absolute Gasteiger partial charge is 0.237 e. The van der Waals surface area contributed by atoms with Gasteiger partial charge in [-0.25, -0.2) is 8.42 Å². The van der Waals surface area contributed by atoms with E-state index in [2.05, 4.69) is 5.32 Å². The molecule has 0 bridgehead atoms. The lowest BCUT2D eigenvalue weighted by atomic mass is 10.1. The molecule has 3 N–H and O–H groups in total. The summed E-state index contributed by atoms with van der Waals surface area (Å²) in [7, 11) is -3.20. The summed E-state index contributed by atoms with van der Waals surface area (Å²) in [5, 5.41) is 2.83. The number of hydrogen-bond donors (Lipinski definition) is 2. The minimum atomic E-state index is -3.20. The van der Waals surface area contributed by atoms with Crippen LogP contribution in [0.1, 0.15) is 38.3 Å². The molecule has 0 aliphatic rings. The van der Waals surface area contributed by atoms with Crippen molar-refractivity contribution in [3.63, 3.8) is 0 Å². The molecule has 2 unspecified atom stereocenters. The first kappa shape index (κ1) is 16.7. The van der Waals surface area contributed by atoms with E-state index >= 15 is 0 Å². The highest BCUT2D eigenvalue weighted by Crippen LogP contribution is 2.16. The third-order valence-corrected chi connectivity index (χ3v) is 4.23. The van der Waals surface area contributed by atoms with Crippen LogP contribution in [0.25, 0.3) is 0 Å². The maximum Gasteiger partial charge on any atom is 0.237 e. The fourth-order valence-electron chi connectivity index (χ4n) is 1.85. The minimum absolute atomic E-state index is 0.188. The summed E-state index contributed by atoms with van der Waals surface area (Å²) < 4.78 is 22.7. The SMILES string of the molecule is CCCC(N)C(=O)NC(C)c1ccc(S(C)(=O)=O)cc1. The number of carbonyl (C=O) groups is 1.